The summed E-state index contributed by atoms with van der Waals surface area (Å²) in [7, 11) is 0. The van der Waals surface area contributed by atoms with Gasteiger partial charge in [0.2, 0.25) is 0 Å². The average Bonchev–Trinajstić information content (AvgIpc) is 2.35. The van der Waals surface area contributed by atoms with E-state index in [-0.39, 0.29) is 6.04 Å². The first-order valence-electron chi connectivity index (χ1n) is 4.79. The van der Waals surface area contributed by atoms with Gasteiger partial charge in [0.05, 0.1) is 18.0 Å². The zero-order valence-electron chi connectivity index (χ0n) is 7.86. The van der Waals surface area contributed by atoms with Gasteiger partial charge in [0, 0.05) is 19.1 Å². The topological polar surface area (TPSA) is 76.4 Å². The molecule has 0 aromatic carbocycles. The van der Waals surface area contributed by atoms with Crippen molar-refractivity contribution >= 4 is 6.09 Å². The van der Waals surface area contributed by atoms with E-state index in [1.165, 1.54) is 4.90 Å². The van der Waals surface area contributed by atoms with Gasteiger partial charge in [-0.25, -0.2) is 4.79 Å². The molecule has 2 aliphatic rings. The number of hydrogen-bond donors (Lipinski definition) is 2. The van der Waals surface area contributed by atoms with Crippen molar-refractivity contribution in [1.82, 2.24) is 10.2 Å². The number of carbonyl (C=O) groups is 1. The molecule has 14 heavy (non-hydrogen) atoms. The first kappa shape index (κ1) is 9.28. The number of nitriles is 1. The third-order valence-corrected chi connectivity index (χ3v) is 3.27. The summed E-state index contributed by atoms with van der Waals surface area (Å²) in [5.74, 6) is 0. The maximum Gasteiger partial charge on any atom is 0.408 e. The van der Waals surface area contributed by atoms with Crippen molar-refractivity contribution in [3.8, 4) is 6.07 Å². The lowest BCUT2D eigenvalue weighted by Gasteiger charge is -2.42. The Labute approximate surface area is 82.3 Å². The van der Waals surface area contributed by atoms with Crippen molar-refractivity contribution in [1.29, 1.82) is 5.26 Å². The molecule has 2 fully saturated rings. The molecule has 2 unspecified atom stereocenters. The van der Waals surface area contributed by atoms with Crippen LogP contribution in [0.15, 0.2) is 0 Å². The van der Waals surface area contributed by atoms with Crippen molar-refractivity contribution in [3.05, 3.63) is 0 Å². The fraction of sp³-hybridized carbons (Fsp3) is 0.778. The van der Waals surface area contributed by atoms with E-state index in [9.17, 15) is 4.79 Å². The summed E-state index contributed by atoms with van der Waals surface area (Å²) in [5, 5.41) is 21.0. The van der Waals surface area contributed by atoms with Gasteiger partial charge in [0.15, 0.2) is 0 Å². The molecular formula is C9H13N3O2. The highest BCUT2D eigenvalue weighted by Gasteiger charge is 2.51. The molecule has 2 rings (SSSR count). The van der Waals surface area contributed by atoms with Crippen LogP contribution < -0.4 is 5.32 Å². The van der Waals surface area contributed by atoms with Crippen LogP contribution in [0, 0.1) is 11.3 Å². The summed E-state index contributed by atoms with van der Waals surface area (Å²) in [5.41, 5.74) is -0.455. The molecule has 5 nitrogen and oxygen atoms in total. The summed E-state index contributed by atoms with van der Waals surface area (Å²) in [6.07, 6.45) is 1.10. The smallest absolute Gasteiger partial charge is 0.408 e. The van der Waals surface area contributed by atoms with Crippen LogP contribution in [-0.4, -0.2) is 40.8 Å². The number of amides is 1. The van der Waals surface area contributed by atoms with Gasteiger partial charge in [0.25, 0.3) is 0 Å². The summed E-state index contributed by atoms with van der Waals surface area (Å²) in [4.78, 5) is 12.6. The summed E-state index contributed by atoms with van der Waals surface area (Å²) >= 11 is 0. The third kappa shape index (κ3) is 1.15. The minimum absolute atomic E-state index is 0.0644. The molecule has 0 spiro atoms. The number of carboxylic acid groups (broad SMARTS) is 1. The minimum Gasteiger partial charge on any atom is -0.465 e. The maximum absolute atomic E-state index is 11.1. The molecule has 2 heterocycles. The van der Waals surface area contributed by atoms with Crippen molar-refractivity contribution in [2.24, 2.45) is 0 Å². The number of nitrogens with one attached hydrogen (secondary N) is 1. The molecule has 2 bridgehead atoms. The van der Waals surface area contributed by atoms with Gasteiger partial charge < -0.3 is 10.4 Å². The Morgan fingerprint density at radius 3 is 3.21 bits per heavy atom. The van der Waals surface area contributed by atoms with Crippen LogP contribution in [0.4, 0.5) is 4.79 Å². The molecule has 2 aliphatic heterocycles. The molecule has 1 amide bonds. The summed E-state index contributed by atoms with van der Waals surface area (Å²) in [6, 6.07) is 2.16. The van der Waals surface area contributed by atoms with Crippen molar-refractivity contribution < 1.29 is 9.90 Å². The van der Waals surface area contributed by atoms with Gasteiger partial charge in [-0.3, -0.25) is 4.90 Å². The number of fused-ring (bicyclic) bond motifs is 2. The van der Waals surface area contributed by atoms with E-state index >= 15 is 0 Å². The Bertz CT molecular complexity index is 295. The highest BCUT2D eigenvalue weighted by molar-refractivity contribution is 5.67. The van der Waals surface area contributed by atoms with Gasteiger partial charge in [-0.1, -0.05) is 0 Å². The van der Waals surface area contributed by atoms with Crippen LogP contribution in [0.5, 0.6) is 0 Å². The zero-order valence-corrected chi connectivity index (χ0v) is 7.86. The van der Waals surface area contributed by atoms with Crippen LogP contribution >= 0.6 is 0 Å². The van der Waals surface area contributed by atoms with Crippen molar-refractivity contribution in [3.63, 3.8) is 0 Å². The molecule has 2 saturated heterocycles. The number of rotatable bonds is 1. The van der Waals surface area contributed by atoms with Gasteiger partial charge in [-0.2, -0.15) is 5.26 Å². The molecular weight excluding hydrogens is 182 g/mol. The van der Waals surface area contributed by atoms with Gasteiger partial charge in [0.1, 0.15) is 0 Å². The Morgan fingerprint density at radius 1 is 1.79 bits per heavy atom. The standard InChI is InChI=1S/C9H13N3O2/c10-4-3-9-2-1-7(5-11-6-9)12(9)8(13)14/h7,11H,1-3,5-6H2,(H,13,14). The minimum atomic E-state index is -0.885. The molecule has 0 aromatic heterocycles. The second kappa shape index (κ2) is 3.14. The van der Waals surface area contributed by atoms with Crippen molar-refractivity contribution in [2.45, 2.75) is 30.8 Å². The number of hydrogen-bond acceptors (Lipinski definition) is 3. The molecule has 0 saturated carbocycles. The first-order chi connectivity index (χ1) is 6.69. The van der Waals surface area contributed by atoms with Crippen LogP contribution in [-0.2, 0) is 0 Å². The summed E-state index contributed by atoms with van der Waals surface area (Å²) in [6.45, 7) is 1.34. The second-order valence-corrected chi connectivity index (χ2v) is 4.04. The largest absolute Gasteiger partial charge is 0.465 e. The van der Waals surface area contributed by atoms with E-state index in [0.29, 0.717) is 13.0 Å². The van der Waals surface area contributed by atoms with E-state index in [1.807, 2.05) is 0 Å². The van der Waals surface area contributed by atoms with Gasteiger partial charge >= 0.3 is 6.09 Å². The summed E-state index contributed by atoms with van der Waals surface area (Å²) < 4.78 is 0. The molecule has 0 aromatic rings. The number of nitrogens with zero attached hydrogens (tertiary/aromatic N) is 2. The van der Waals surface area contributed by atoms with Crippen molar-refractivity contribution in [2.75, 3.05) is 13.1 Å². The van der Waals surface area contributed by atoms with Crippen LogP contribution in [0.2, 0.25) is 0 Å². The highest BCUT2D eigenvalue weighted by atomic mass is 16.4. The molecule has 5 heteroatoms. The zero-order chi connectivity index (χ0) is 10.2. The van der Waals surface area contributed by atoms with E-state index in [2.05, 4.69) is 11.4 Å². The van der Waals surface area contributed by atoms with Crippen LogP contribution in [0.1, 0.15) is 19.3 Å². The lowest BCUT2D eigenvalue weighted by Crippen LogP contribution is -2.61. The molecule has 0 aliphatic carbocycles. The first-order valence-corrected chi connectivity index (χ1v) is 4.79. The predicted octanol–water partition coefficient (Wildman–Crippen LogP) is 0.384. The average molecular weight is 195 g/mol. The van der Waals surface area contributed by atoms with Crippen LogP contribution in [0.25, 0.3) is 0 Å². The Hall–Kier alpha value is -1.28. The van der Waals surface area contributed by atoms with Gasteiger partial charge in [-0.15, -0.1) is 0 Å². The fourth-order valence-electron chi connectivity index (χ4n) is 2.65. The molecule has 2 atom stereocenters. The van der Waals surface area contributed by atoms with Gasteiger partial charge in [-0.05, 0) is 12.8 Å². The Morgan fingerprint density at radius 2 is 2.57 bits per heavy atom. The maximum atomic E-state index is 11.1. The normalized spacial score (nSPS) is 35.4. The second-order valence-electron chi connectivity index (χ2n) is 4.04. The lowest BCUT2D eigenvalue weighted by molar-refractivity contribution is 0.0634. The fourth-order valence-corrected chi connectivity index (χ4v) is 2.65. The quantitative estimate of drug-likeness (QED) is 0.634. The predicted molar refractivity (Wildman–Crippen MR) is 48.7 cm³/mol. The van der Waals surface area contributed by atoms with E-state index in [0.717, 1.165) is 19.4 Å². The van der Waals surface area contributed by atoms with E-state index in [4.69, 9.17) is 10.4 Å². The SMILES string of the molecule is N#CCC12CCC(CNC1)N2C(=O)O. The van der Waals surface area contributed by atoms with E-state index < -0.39 is 11.6 Å². The lowest BCUT2D eigenvalue weighted by atomic mass is 9.92. The Kier molecular flexibility index (Phi) is 2.08. The van der Waals surface area contributed by atoms with E-state index in [1.54, 1.807) is 0 Å². The monoisotopic (exact) mass is 195 g/mol. The molecule has 76 valence electrons. The highest BCUT2D eigenvalue weighted by Crippen LogP contribution is 2.38. The third-order valence-electron chi connectivity index (χ3n) is 3.27. The number of piperazine rings is 1. The Balaban J connectivity index is 2.28. The van der Waals surface area contributed by atoms with Crippen LogP contribution in [0.3, 0.4) is 0 Å². The molecule has 0 radical (unpaired) electrons. The molecule has 2 N–H and O–H groups in total.